The summed E-state index contributed by atoms with van der Waals surface area (Å²) in [5, 5.41) is 11.1. The first-order valence-corrected chi connectivity index (χ1v) is 9.97. The van der Waals surface area contributed by atoms with Crippen molar-refractivity contribution in [3.05, 3.63) is 58.6 Å². The van der Waals surface area contributed by atoms with Gasteiger partial charge in [0.25, 0.3) is 15.5 Å². The molecule has 2 rings (SSSR count). The lowest BCUT2D eigenvalue weighted by Crippen LogP contribution is -2.23. The number of esters is 1. The van der Waals surface area contributed by atoms with E-state index in [0.717, 1.165) is 0 Å². The third-order valence-electron chi connectivity index (χ3n) is 3.21. The summed E-state index contributed by atoms with van der Waals surface area (Å²) in [7, 11) is -8.20. The van der Waals surface area contributed by atoms with Gasteiger partial charge in [0.05, 0.1) is 20.6 Å². The van der Waals surface area contributed by atoms with E-state index in [1.54, 1.807) is 18.2 Å². The van der Waals surface area contributed by atoms with Gasteiger partial charge in [-0.25, -0.2) is 8.42 Å². The van der Waals surface area contributed by atoms with E-state index in [1.807, 2.05) is 0 Å². The summed E-state index contributed by atoms with van der Waals surface area (Å²) in [6, 6.07) is 8.82. The van der Waals surface area contributed by atoms with E-state index in [0.29, 0.717) is 12.1 Å². The van der Waals surface area contributed by atoms with E-state index < -0.39 is 58.3 Å². The number of rotatable bonds is 6. The van der Waals surface area contributed by atoms with E-state index in [9.17, 15) is 40.7 Å². The number of hydrogen-bond acceptors (Lipinski definition) is 7. The van der Waals surface area contributed by atoms with Crippen LogP contribution in [0.25, 0.3) is 0 Å². The molecule has 0 radical (unpaired) electrons. The molecule has 0 aliphatic heterocycles. The minimum Gasteiger partial charge on any atom is -0.426 e. The van der Waals surface area contributed by atoms with Gasteiger partial charge in [-0.15, -0.1) is 0 Å². The molecule has 0 aliphatic carbocycles. The molecule has 1 atom stereocenters. The second-order valence-electron chi connectivity index (χ2n) is 5.11. The third-order valence-corrected chi connectivity index (χ3v) is 6.03. The Morgan fingerprint density at radius 1 is 1.14 bits per heavy atom. The third kappa shape index (κ3) is 4.72. The number of carbonyl (C=O) groups is 1. The molecule has 8 nitrogen and oxygen atoms in total. The summed E-state index contributed by atoms with van der Waals surface area (Å²) in [4.78, 5) is 19.7. The number of benzene rings is 2. The fourth-order valence-electron chi connectivity index (χ4n) is 1.97. The molecule has 0 saturated heterocycles. The number of halogens is 3. The Labute approximate surface area is 158 Å². The lowest BCUT2D eigenvalue weighted by atomic mass is 10.3. The zero-order chi connectivity index (χ0) is 21.1. The number of hydrogen-bond donors (Lipinski definition) is 0. The van der Waals surface area contributed by atoms with Crippen molar-refractivity contribution in [3.63, 3.8) is 0 Å². The molecule has 0 aliphatic rings. The second-order valence-corrected chi connectivity index (χ2v) is 8.47. The van der Waals surface area contributed by atoms with Crippen LogP contribution < -0.4 is 4.74 Å². The minimum absolute atomic E-state index is 0.130. The molecule has 0 saturated carbocycles. The van der Waals surface area contributed by atoms with Gasteiger partial charge in [0, 0.05) is 6.07 Å². The molecule has 28 heavy (non-hydrogen) atoms. The molecule has 150 valence electrons. The highest BCUT2D eigenvalue weighted by Gasteiger charge is 2.47. The van der Waals surface area contributed by atoms with Crippen molar-refractivity contribution in [2.75, 3.05) is 5.75 Å². The summed E-state index contributed by atoms with van der Waals surface area (Å²) in [6.45, 7) is 0. The molecule has 2 aromatic carbocycles. The van der Waals surface area contributed by atoms with Crippen LogP contribution in [0.5, 0.6) is 5.75 Å². The second kappa shape index (κ2) is 8.06. The monoisotopic (exact) mass is 437 g/mol. The molecular weight excluding hydrogens is 427 g/mol. The number of ether oxygens (including phenoxy) is 1. The van der Waals surface area contributed by atoms with Crippen molar-refractivity contribution in [2.24, 2.45) is 0 Å². The van der Waals surface area contributed by atoms with Crippen LogP contribution >= 0.6 is 0 Å². The van der Waals surface area contributed by atoms with Crippen molar-refractivity contribution < 1.29 is 40.3 Å². The molecule has 0 heterocycles. The van der Waals surface area contributed by atoms with E-state index in [1.165, 1.54) is 12.1 Å². The number of nitro benzene ring substituents is 1. The van der Waals surface area contributed by atoms with Gasteiger partial charge >= 0.3 is 11.5 Å². The molecule has 0 aromatic heterocycles. The molecule has 0 bridgehead atoms. The van der Waals surface area contributed by atoms with Crippen LogP contribution in [0.4, 0.5) is 18.9 Å². The lowest BCUT2D eigenvalue weighted by Gasteiger charge is -2.09. The first-order valence-electron chi connectivity index (χ1n) is 7.17. The molecule has 0 amide bonds. The molecule has 13 heteroatoms. The first kappa shape index (κ1) is 21.5. The summed E-state index contributed by atoms with van der Waals surface area (Å²) in [5.74, 6) is -1.71. The predicted octanol–water partition coefficient (Wildman–Crippen LogP) is 2.60. The van der Waals surface area contributed by atoms with Crippen LogP contribution in [-0.2, 0) is 25.4 Å². The molecule has 2 aromatic rings. The Morgan fingerprint density at radius 3 is 2.29 bits per heavy atom. The van der Waals surface area contributed by atoms with Crippen LogP contribution in [-0.4, -0.2) is 34.8 Å². The van der Waals surface area contributed by atoms with Gasteiger partial charge < -0.3 is 4.74 Å². The smallest absolute Gasteiger partial charge is 0.426 e. The fraction of sp³-hybridized carbons (Fsp3) is 0.133. The van der Waals surface area contributed by atoms with Crippen LogP contribution in [0.15, 0.2) is 58.3 Å². The van der Waals surface area contributed by atoms with E-state index in [2.05, 4.69) is 0 Å². The predicted molar refractivity (Wildman–Crippen MR) is 89.7 cm³/mol. The van der Waals surface area contributed by atoms with Gasteiger partial charge in [-0.1, -0.05) is 18.2 Å². The maximum Gasteiger partial charge on any atom is 0.501 e. The Morgan fingerprint density at radius 2 is 1.75 bits per heavy atom. The number of para-hydroxylation sites is 1. The maximum absolute atomic E-state index is 12.6. The van der Waals surface area contributed by atoms with Gasteiger partial charge in [-0.3, -0.25) is 19.1 Å². The largest absolute Gasteiger partial charge is 0.501 e. The lowest BCUT2D eigenvalue weighted by molar-refractivity contribution is -0.388. The highest BCUT2D eigenvalue weighted by atomic mass is 32.2. The molecule has 0 unspecified atom stereocenters. The molecule has 0 spiro atoms. The highest BCUT2D eigenvalue weighted by molar-refractivity contribution is 7.92. The Balaban J connectivity index is 2.31. The van der Waals surface area contributed by atoms with E-state index in [4.69, 9.17) is 4.74 Å². The summed E-state index contributed by atoms with van der Waals surface area (Å²) in [6.07, 6.45) is 0. The van der Waals surface area contributed by atoms with Crippen molar-refractivity contribution in [1.29, 1.82) is 0 Å². The first-order chi connectivity index (χ1) is 12.9. The highest BCUT2D eigenvalue weighted by Crippen LogP contribution is 2.34. The SMILES string of the molecule is O=C(C[S@](=O)c1ccc(S(=O)(=O)C(F)(F)F)cc1[N+](=O)[O-])Oc1ccccc1. The minimum atomic E-state index is -5.83. The summed E-state index contributed by atoms with van der Waals surface area (Å²) >= 11 is 0. The van der Waals surface area contributed by atoms with Crippen molar-refractivity contribution in [2.45, 2.75) is 15.3 Å². The number of nitrogens with zero attached hydrogens (tertiary/aromatic N) is 1. The zero-order valence-corrected chi connectivity index (χ0v) is 15.2. The molecule has 0 fully saturated rings. The average molecular weight is 437 g/mol. The Kier molecular flexibility index (Phi) is 6.19. The van der Waals surface area contributed by atoms with Gasteiger partial charge in [0.2, 0.25) is 0 Å². The summed E-state index contributed by atoms with van der Waals surface area (Å²) < 4.78 is 77.8. The van der Waals surface area contributed by atoms with Crippen molar-refractivity contribution >= 4 is 32.3 Å². The van der Waals surface area contributed by atoms with Crippen LogP contribution in [0.3, 0.4) is 0 Å². The van der Waals surface area contributed by atoms with Crippen LogP contribution in [0.1, 0.15) is 0 Å². The van der Waals surface area contributed by atoms with E-state index >= 15 is 0 Å². The van der Waals surface area contributed by atoms with Crippen molar-refractivity contribution in [1.82, 2.24) is 0 Å². The Hall–Kier alpha value is -2.80. The standard InChI is InChI=1S/C15H10F3NO7S2/c16-15(17,18)28(24,25)11-6-7-13(12(8-11)19(21)22)27(23)9-14(20)26-10-4-2-1-3-5-10/h1-8H,9H2/t27-/m0/s1. The van der Waals surface area contributed by atoms with Crippen molar-refractivity contribution in [3.8, 4) is 5.75 Å². The maximum atomic E-state index is 12.6. The Bertz CT molecular complexity index is 1040. The molecule has 0 N–H and O–H groups in total. The number of sulfone groups is 1. The number of nitro groups is 1. The molecular formula is C15H10F3NO7S2. The van der Waals surface area contributed by atoms with Crippen LogP contribution in [0, 0.1) is 10.1 Å². The normalized spacial score (nSPS) is 13.0. The van der Waals surface area contributed by atoms with Crippen LogP contribution in [0.2, 0.25) is 0 Å². The summed E-state index contributed by atoms with van der Waals surface area (Å²) in [5.41, 5.74) is -6.79. The fourth-order valence-corrected chi connectivity index (χ4v) is 3.76. The number of carbonyl (C=O) groups excluding carboxylic acids is 1. The van der Waals surface area contributed by atoms with E-state index in [-0.39, 0.29) is 11.8 Å². The van der Waals surface area contributed by atoms with Gasteiger partial charge in [0.15, 0.2) is 0 Å². The zero-order valence-electron chi connectivity index (χ0n) is 13.6. The number of alkyl halides is 3. The average Bonchev–Trinajstić information content (AvgIpc) is 2.60. The van der Waals surface area contributed by atoms with Gasteiger partial charge in [-0.05, 0) is 24.3 Å². The topological polar surface area (TPSA) is 121 Å². The quantitative estimate of drug-likeness (QED) is 0.295. The van der Waals surface area contributed by atoms with Gasteiger partial charge in [0.1, 0.15) is 16.4 Å². The van der Waals surface area contributed by atoms with Gasteiger partial charge in [-0.2, -0.15) is 13.2 Å².